The van der Waals surface area contributed by atoms with Gasteiger partial charge in [-0.2, -0.15) is 4.68 Å². The third-order valence-electron chi connectivity index (χ3n) is 5.23. The lowest BCUT2D eigenvalue weighted by Gasteiger charge is -2.17. The molecule has 2 aromatic carbocycles. The summed E-state index contributed by atoms with van der Waals surface area (Å²) in [5.41, 5.74) is 1.43. The van der Waals surface area contributed by atoms with Crippen molar-refractivity contribution in [3.05, 3.63) is 70.5 Å². The Kier molecular flexibility index (Phi) is 5.88. The Labute approximate surface area is 180 Å². The second kappa shape index (κ2) is 8.91. The van der Waals surface area contributed by atoms with Gasteiger partial charge in [0.2, 0.25) is 0 Å². The van der Waals surface area contributed by atoms with Crippen LogP contribution < -0.4 is 25.2 Å². The van der Waals surface area contributed by atoms with Gasteiger partial charge in [-0.05, 0) is 55.3 Å². The van der Waals surface area contributed by atoms with Crippen molar-refractivity contribution in [3.8, 4) is 17.2 Å². The van der Waals surface area contributed by atoms with Gasteiger partial charge >= 0.3 is 0 Å². The van der Waals surface area contributed by atoms with Crippen molar-refractivity contribution in [2.24, 2.45) is 0 Å². The highest BCUT2D eigenvalue weighted by Crippen LogP contribution is 2.30. The van der Waals surface area contributed by atoms with Crippen LogP contribution in [0.15, 0.2) is 59.4 Å². The molecular formula is C23H24N4O4. The first-order valence-electron chi connectivity index (χ1n) is 10.1. The summed E-state index contributed by atoms with van der Waals surface area (Å²) in [4.78, 5) is 27.1. The molecule has 1 amide bonds. The second-order valence-electron chi connectivity index (χ2n) is 7.21. The Morgan fingerprint density at radius 3 is 2.32 bits per heavy atom. The number of aromatic nitrogens is 2. The fourth-order valence-electron chi connectivity index (χ4n) is 3.57. The number of amides is 1. The molecule has 0 atom stereocenters. The Hall–Kier alpha value is -3.81. The van der Waals surface area contributed by atoms with E-state index in [0.717, 1.165) is 31.7 Å². The minimum atomic E-state index is -0.273. The van der Waals surface area contributed by atoms with E-state index in [0.29, 0.717) is 28.4 Å². The van der Waals surface area contributed by atoms with Gasteiger partial charge in [-0.15, -0.1) is 5.10 Å². The van der Waals surface area contributed by atoms with Crippen molar-refractivity contribution in [1.82, 2.24) is 9.78 Å². The van der Waals surface area contributed by atoms with Crippen LogP contribution in [0.25, 0.3) is 5.69 Å². The van der Waals surface area contributed by atoms with E-state index in [2.05, 4.69) is 15.3 Å². The highest BCUT2D eigenvalue weighted by Gasteiger charge is 2.15. The van der Waals surface area contributed by atoms with Gasteiger partial charge < -0.3 is 19.7 Å². The smallest absolute Gasteiger partial charge is 0.271 e. The number of methoxy groups -OCH3 is 2. The van der Waals surface area contributed by atoms with Gasteiger partial charge in [0.1, 0.15) is 5.82 Å². The minimum Gasteiger partial charge on any atom is -0.493 e. The fourth-order valence-corrected chi connectivity index (χ4v) is 3.57. The molecular weight excluding hydrogens is 396 g/mol. The van der Waals surface area contributed by atoms with E-state index in [-0.39, 0.29) is 11.5 Å². The number of nitrogens with one attached hydrogen (secondary N) is 1. The van der Waals surface area contributed by atoms with Crippen molar-refractivity contribution in [2.75, 3.05) is 37.5 Å². The van der Waals surface area contributed by atoms with E-state index >= 15 is 0 Å². The van der Waals surface area contributed by atoms with E-state index in [9.17, 15) is 9.59 Å². The first kappa shape index (κ1) is 20.5. The standard InChI is InChI=1S/C23H24N4O4/c1-30-19-10-7-17(15-20(19)31-2)24-23(29)16-5-8-18(9-6-16)27-22(28)12-11-21(25-27)26-13-3-4-14-26/h5-12,15H,3-4,13-14H2,1-2H3,(H,24,29). The maximum absolute atomic E-state index is 12.6. The van der Waals surface area contributed by atoms with Crippen LogP contribution in [0, 0.1) is 0 Å². The Balaban J connectivity index is 1.52. The van der Waals surface area contributed by atoms with Crippen LogP contribution in [0.2, 0.25) is 0 Å². The summed E-state index contributed by atoms with van der Waals surface area (Å²) in [5, 5.41) is 7.34. The molecule has 1 aliphatic rings. The average molecular weight is 420 g/mol. The first-order valence-corrected chi connectivity index (χ1v) is 10.1. The number of rotatable bonds is 6. The molecule has 1 N–H and O–H groups in total. The maximum Gasteiger partial charge on any atom is 0.271 e. The number of nitrogens with zero attached hydrogens (tertiary/aromatic N) is 3. The third-order valence-corrected chi connectivity index (χ3v) is 5.23. The second-order valence-corrected chi connectivity index (χ2v) is 7.21. The highest BCUT2D eigenvalue weighted by molar-refractivity contribution is 6.04. The highest BCUT2D eigenvalue weighted by atomic mass is 16.5. The van der Waals surface area contributed by atoms with Crippen LogP contribution in [0.5, 0.6) is 11.5 Å². The predicted octanol–water partition coefficient (Wildman–Crippen LogP) is 3.10. The number of carbonyl (C=O) groups excluding carboxylic acids is 1. The molecule has 0 saturated carbocycles. The molecule has 8 nitrogen and oxygen atoms in total. The van der Waals surface area contributed by atoms with E-state index < -0.39 is 0 Å². The summed E-state index contributed by atoms with van der Waals surface area (Å²) >= 11 is 0. The van der Waals surface area contributed by atoms with Gasteiger partial charge in [-0.3, -0.25) is 9.59 Å². The number of anilines is 2. The molecule has 1 aromatic heterocycles. The van der Waals surface area contributed by atoms with Crippen molar-refractivity contribution < 1.29 is 14.3 Å². The number of ether oxygens (including phenoxy) is 2. The predicted molar refractivity (Wildman–Crippen MR) is 119 cm³/mol. The molecule has 3 aromatic rings. The van der Waals surface area contributed by atoms with Crippen molar-refractivity contribution in [1.29, 1.82) is 0 Å². The van der Waals surface area contributed by atoms with Crippen molar-refractivity contribution >= 4 is 17.4 Å². The fraction of sp³-hybridized carbons (Fsp3) is 0.261. The molecule has 1 fully saturated rings. The molecule has 2 heterocycles. The van der Waals surface area contributed by atoms with E-state index in [1.807, 2.05) is 0 Å². The first-order chi connectivity index (χ1) is 15.1. The monoisotopic (exact) mass is 420 g/mol. The number of carbonyl (C=O) groups is 1. The molecule has 160 valence electrons. The van der Waals surface area contributed by atoms with Crippen molar-refractivity contribution in [3.63, 3.8) is 0 Å². The van der Waals surface area contributed by atoms with E-state index in [1.165, 1.54) is 17.9 Å². The summed E-state index contributed by atoms with van der Waals surface area (Å²) in [6.45, 7) is 1.89. The normalized spacial score (nSPS) is 13.2. The summed E-state index contributed by atoms with van der Waals surface area (Å²) in [6, 6.07) is 15.2. The summed E-state index contributed by atoms with van der Waals surface area (Å²) in [5.74, 6) is 1.62. The lowest BCUT2D eigenvalue weighted by molar-refractivity contribution is 0.102. The molecule has 31 heavy (non-hydrogen) atoms. The zero-order chi connectivity index (χ0) is 21.8. The topological polar surface area (TPSA) is 85.7 Å². The van der Waals surface area contributed by atoms with Crippen LogP contribution in [0.3, 0.4) is 0 Å². The van der Waals surface area contributed by atoms with Gasteiger partial charge in [0, 0.05) is 36.5 Å². The Morgan fingerprint density at radius 2 is 1.65 bits per heavy atom. The summed E-state index contributed by atoms with van der Waals surface area (Å²) in [6.07, 6.45) is 2.26. The lowest BCUT2D eigenvalue weighted by atomic mass is 10.2. The van der Waals surface area contributed by atoms with Crippen molar-refractivity contribution in [2.45, 2.75) is 12.8 Å². The molecule has 0 spiro atoms. The molecule has 0 bridgehead atoms. The quantitative estimate of drug-likeness (QED) is 0.660. The minimum absolute atomic E-state index is 0.217. The molecule has 1 aliphatic heterocycles. The Bertz CT molecular complexity index is 1140. The third kappa shape index (κ3) is 4.37. The van der Waals surface area contributed by atoms with Gasteiger partial charge in [0.15, 0.2) is 11.5 Å². The summed E-state index contributed by atoms with van der Waals surface area (Å²) < 4.78 is 11.8. The molecule has 0 unspecified atom stereocenters. The van der Waals surface area contributed by atoms with E-state index in [4.69, 9.17) is 9.47 Å². The lowest BCUT2D eigenvalue weighted by Crippen LogP contribution is -2.26. The van der Waals surface area contributed by atoms with Gasteiger partial charge in [-0.25, -0.2) is 0 Å². The van der Waals surface area contributed by atoms with Gasteiger partial charge in [0.25, 0.3) is 11.5 Å². The zero-order valence-electron chi connectivity index (χ0n) is 17.5. The van der Waals surface area contributed by atoms with Gasteiger partial charge in [0.05, 0.1) is 19.9 Å². The van der Waals surface area contributed by atoms with Crippen LogP contribution in [0.1, 0.15) is 23.2 Å². The summed E-state index contributed by atoms with van der Waals surface area (Å²) in [7, 11) is 3.09. The molecule has 0 aliphatic carbocycles. The van der Waals surface area contributed by atoms with Crippen LogP contribution >= 0.6 is 0 Å². The number of hydrogen-bond donors (Lipinski definition) is 1. The molecule has 4 rings (SSSR count). The molecule has 1 saturated heterocycles. The zero-order valence-corrected chi connectivity index (χ0v) is 17.5. The molecule has 0 radical (unpaired) electrons. The van der Waals surface area contributed by atoms with Crippen LogP contribution in [-0.4, -0.2) is 43.0 Å². The van der Waals surface area contributed by atoms with Crippen LogP contribution in [0.4, 0.5) is 11.5 Å². The van der Waals surface area contributed by atoms with Crippen LogP contribution in [-0.2, 0) is 0 Å². The molecule has 8 heteroatoms. The van der Waals surface area contributed by atoms with E-state index in [1.54, 1.807) is 55.6 Å². The van der Waals surface area contributed by atoms with Gasteiger partial charge in [-0.1, -0.05) is 0 Å². The largest absolute Gasteiger partial charge is 0.493 e. The average Bonchev–Trinajstić information content (AvgIpc) is 3.34. The maximum atomic E-state index is 12.6. The SMILES string of the molecule is COc1ccc(NC(=O)c2ccc(-n3nc(N4CCCC4)ccc3=O)cc2)cc1OC. The number of benzene rings is 2. The number of hydrogen-bond acceptors (Lipinski definition) is 6. The Morgan fingerprint density at radius 1 is 0.935 bits per heavy atom.